The Morgan fingerprint density at radius 2 is 0.889 bits per heavy atom. The smallest absolute Gasteiger partial charge is 0.152 e. The van der Waals surface area contributed by atoms with Crippen LogP contribution in [-0.4, -0.2) is 9.13 Å². The van der Waals surface area contributed by atoms with Gasteiger partial charge in [0.1, 0.15) is 0 Å². The summed E-state index contributed by atoms with van der Waals surface area (Å²) in [5.74, 6) is 1.79. The van der Waals surface area contributed by atoms with Crippen LogP contribution in [0.2, 0.25) is 0 Å². The van der Waals surface area contributed by atoms with Crippen LogP contribution in [0.15, 0.2) is 158 Å². The van der Waals surface area contributed by atoms with Gasteiger partial charge in [0, 0.05) is 27.2 Å². The Kier molecular flexibility index (Phi) is 5.00. The van der Waals surface area contributed by atoms with Gasteiger partial charge >= 0.3 is 0 Å². The lowest BCUT2D eigenvalue weighted by molar-refractivity contribution is 0.476. The Labute approximate surface area is 259 Å². The molecule has 0 N–H and O–H groups in total. The Hall–Kier alpha value is -6.06. The molecule has 7 aromatic carbocycles. The van der Waals surface area contributed by atoms with Gasteiger partial charge in [-0.2, -0.15) is 0 Å². The second kappa shape index (κ2) is 9.22. The van der Waals surface area contributed by atoms with Gasteiger partial charge in [-0.05, 0) is 76.9 Å². The summed E-state index contributed by atoms with van der Waals surface area (Å²) in [5, 5.41) is 5.00. The van der Waals surface area contributed by atoms with Crippen molar-refractivity contribution >= 4 is 43.6 Å². The first-order valence-electron chi connectivity index (χ1n) is 15.4. The summed E-state index contributed by atoms with van der Waals surface area (Å²) in [7, 11) is 0. The molecule has 3 nitrogen and oxygen atoms in total. The van der Waals surface area contributed by atoms with Crippen molar-refractivity contribution in [2.45, 2.75) is 0 Å². The van der Waals surface area contributed by atoms with Crippen molar-refractivity contribution in [3.63, 3.8) is 0 Å². The van der Waals surface area contributed by atoms with Crippen molar-refractivity contribution in [1.82, 2.24) is 9.13 Å². The van der Waals surface area contributed by atoms with E-state index in [0.29, 0.717) is 0 Å². The molecule has 0 atom stereocenters. The van der Waals surface area contributed by atoms with Crippen molar-refractivity contribution in [2.24, 2.45) is 0 Å². The minimum absolute atomic E-state index is 0.887. The van der Waals surface area contributed by atoms with E-state index in [1.165, 1.54) is 66.0 Å². The third-order valence-electron chi connectivity index (χ3n) is 9.33. The molecule has 0 aliphatic carbocycles. The molecule has 0 fully saturated rings. The normalized spacial score (nSPS) is 12.2. The summed E-state index contributed by atoms with van der Waals surface area (Å²) < 4.78 is 11.0. The number of hydrogen-bond donors (Lipinski definition) is 0. The molecule has 1 aliphatic rings. The van der Waals surface area contributed by atoms with Crippen molar-refractivity contribution in [3.05, 3.63) is 158 Å². The fourth-order valence-electron chi connectivity index (χ4n) is 7.26. The van der Waals surface area contributed by atoms with Gasteiger partial charge < -0.3 is 13.9 Å². The number of aromatic nitrogens is 2. The molecule has 210 valence electrons. The number of nitrogens with zero attached hydrogens (tertiary/aromatic N) is 2. The third-order valence-corrected chi connectivity index (χ3v) is 9.33. The molecule has 3 heterocycles. The topological polar surface area (TPSA) is 19.1 Å². The number of fused-ring (bicyclic) bond motifs is 8. The van der Waals surface area contributed by atoms with E-state index in [9.17, 15) is 0 Å². The molecular weight excluding hydrogens is 548 g/mol. The largest absolute Gasteiger partial charge is 0.453 e. The second-order valence-electron chi connectivity index (χ2n) is 11.8. The maximum atomic E-state index is 6.29. The van der Waals surface area contributed by atoms with Crippen molar-refractivity contribution in [1.29, 1.82) is 0 Å². The SMILES string of the molecule is c1ccc2c(c1)Oc1cccc3c4cc(-c5ccc(-c6ccc(-n7c8ccccc8c8ccccc87)cc6)cc5)ccc4n-2c13. The Bertz CT molecular complexity index is 2550. The van der Waals surface area contributed by atoms with E-state index in [2.05, 4.69) is 155 Å². The van der Waals surface area contributed by atoms with Crippen molar-refractivity contribution < 1.29 is 4.74 Å². The average molecular weight is 575 g/mol. The first kappa shape index (κ1) is 24.4. The second-order valence-corrected chi connectivity index (χ2v) is 11.8. The fourth-order valence-corrected chi connectivity index (χ4v) is 7.26. The van der Waals surface area contributed by atoms with Crippen molar-refractivity contribution in [3.8, 4) is 45.1 Å². The highest BCUT2D eigenvalue weighted by Crippen LogP contribution is 2.45. The minimum atomic E-state index is 0.887. The van der Waals surface area contributed by atoms with E-state index < -0.39 is 0 Å². The van der Waals surface area contributed by atoms with Gasteiger partial charge in [0.25, 0.3) is 0 Å². The number of rotatable bonds is 3. The van der Waals surface area contributed by atoms with Crippen LogP contribution in [0, 0.1) is 0 Å². The molecule has 45 heavy (non-hydrogen) atoms. The van der Waals surface area contributed by atoms with Crippen LogP contribution in [0.1, 0.15) is 0 Å². The molecule has 0 unspecified atom stereocenters. The number of para-hydroxylation sites is 5. The maximum absolute atomic E-state index is 6.29. The Balaban J connectivity index is 1.02. The number of ether oxygens (including phenoxy) is 1. The lowest BCUT2D eigenvalue weighted by Crippen LogP contribution is -2.03. The van der Waals surface area contributed by atoms with Crippen LogP contribution in [0.3, 0.4) is 0 Å². The lowest BCUT2D eigenvalue weighted by Gasteiger charge is -2.20. The van der Waals surface area contributed by atoms with Crippen molar-refractivity contribution in [2.75, 3.05) is 0 Å². The van der Waals surface area contributed by atoms with E-state index >= 15 is 0 Å². The molecule has 1 aliphatic heterocycles. The van der Waals surface area contributed by atoms with Crippen LogP contribution >= 0.6 is 0 Å². The maximum Gasteiger partial charge on any atom is 0.152 e. The standard InChI is InChI=1S/C42H26N2O/c1-3-11-36-32(8-1)33-9-2-4-12-37(33)43(36)31-23-20-28(21-24-31)27-16-18-29(19-17-27)30-22-25-38-35(26-30)34-10-7-15-41-42(34)44(38)39-13-5-6-14-40(39)45-41/h1-26H. The van der Waals surface area contributed by atoms with Gasteiger partial charge in [-0.15, -0.1) is 0 Å². The Morgan fingerprint density at radius 1 is 0.356 bits per heavy atom. The summed E-state index contributed by atoms with van der Waals surface area (Å²) in [5.41, 5.74) is 11.8. The molecule has 2 aromatic heterocycles. The van der Waals surface area contributed by atoms with Gasteiger partial charge in [-0.1, -0.05) is 103 Å². The molecule has 0 amide bonds. The zero-order valence-corrected chi connectivity index (χ0v) is 24.3. The van der Waals surface area contributed by atoms with E-state index in [0.717, 1.165) is 22.7 Å². The first-order valence-corrected chi connectivity index (χ1v) is 15.4. The van der Waals surface area contributed by atoms with E-state index in [1.54, 1.807) is 0 Å². The van der Waals surface area contributed by atoms with Crippen LogP contribution in [-0.2, 0) is 0 Å². The lowest BCUT2D eigenvalue weighted by atomic mass is 9.99. The molecule has 9 aromatic rings. The summed E-state index contributed by atoms with van der Waals surface area (Å²) in [6.07, 6.45) is 0. The molecule has 0 bridgehead atoms. The molecule has 3 heteroatoms. The zero-order valence-electron chi connectivity index (χ0n) is 24.3. The summed E-state index contributed by atoms with van der Waals surface area (Å²) in [4.78, 5) is 0. The van der Waals surface area contributed by atoms with Gasteiger partial charge in [-0.3, -0.25) is 0 Å². The molecule has 10 rings (SSSR count). The quantitative estimate of drug-likeness (QED) is 0.205. The van der Waals surface area contributed by atoms with Crippen LogP contribution < -0.4 is 4.74 Å². The van der Waals surface area contributed by atoms with Gasteiger partial charge in [0.2, 0.25) is 0 Å². The molecule has 0 radical (unpaired) electrons. The fraction of sp³-hybridized carbons (Fsp3) is 0. The highest BCUT2D eigenvalue weighted by molar-refractivity contribution is 6.13. The molecule has 0 saturated heterocycles. The molecular formula is C42H26N2O. The third kappa shape index (κ3) is 3.52. The van der Waals surface area contributed by atoms with Gasteiger partial charge in [-0.25, -0.2) is 0 Å². The van der Waals surface area contributed by atoms with E-state index in [-0.39, 0.29) is 0 Å². The predicted molar refractivity (Wildman–Crippen MR) is 186 cm³/mol. The number of benzene rings is 7. The first-order chi connectivity index (χ1) is 22.3. The molecule has 0 saturated carbocycles. The van der Waals surface area contributed by atoms with E-state index in [4.69, 9.17) is 4.74 Å². The van der Waals surface area contributed by atoms with Gasteiger partial charge in [0.05, 0.1) is 27.8 Å². The summed E-state index contributed by atoms with van der Waals surface area (Å²) >= 11 is 0. The predicted octanol–water partition coefficient (Wildman–Crippen LogP) is 11.3. The van der Waals surface area contributed by atoms with Gasteiger partial charge in [0.15, 0.2) is 11.5 Å². The molecule has 0 spiro atoms. The Morgan fingerprint density at radius 3 is 1.62 bits per heavy atom. The van der Waals surface area contributed by atoms with Crippen LogP contribution in [0.5, 0.6) is 11.5 Å². The van der Waals surface area contributed by atoms with Crippen LogP contribution in [0.4, 0.5) is 0 Å². The zero-order chi connectivity index (χ0) is 29.5. The number of hydrogen-bond acceptors (Lipinski definition) is 1. The van der Waals surface area contributed by atoms with Crippen LogP contribution in [0.25, 0.3) is 77.2 Å². The monoisotopic (exact) mass is 574 g/mol. The average Bonchev–Trinajstić information content (AvgIpc) is 3.63. The highest BCUT2D eigenvalue weighted by atomic mass is 16.5. The summed E-state index contributed by atoms with van der Waals surface area (Å²) in [6, 6.07) is 56.6. The van der Waals surface area contributed by atoms with E-state index in [1.807, 2.05) is 12.1 Å². The minimum Gasteiger partial charge on any atom is -0.453 e. The summed E-state index contributed by atoms with van der Waals surface area (Å²) in [6.45, 7) is 0. The highest BCUT2D eigenvalue weighted by Gasteiger charge is 2.23.